The van der Waals surface area contributed by atoms with Crippen molar-refractivity contribution in [3.05, 3.63) is 35.5 Å². The highest BCUT2D eigenvalue weighted by molar-refractivity contribution is 5.88. The first-order valence-corrected chi connectivity index (χ1v) is 6.71. The van der Waals surface area contributed by atoms with Gasteiger partial charge in [-0.15, -0.1) is 0 Å². The second-order valence-electron chi connectivity index (χ2n) is 5.79. The molecule has 3 atom stereocenters. The van der Waals surface area contributed by atoms with E-state index in [9.17, 15) is 5.11 Å². The van der Waals surface area contributed by atoms with Gasteiger partial charge in [0.1, 0.15) is 0 Å². The van der Waals surface area contributed by atoms with Crippen LogP contribution in [0.5, 0.6) is 0 Å². The van der Waals surface area contributed by atoms with Crippen molar-refractivity contribution in [2.75, 3.05) is 13.6 Å². The molecular formula is C15H18N2O. The summed E-state index contributed by atoms with van der Waals surface area (Å²) >= 11 is 0. The summed E-state index contributed by atoms with van der Waals surface area (Å²) < 4.78 is 0. The number of aromatic amines is 1. The maximum Gasteiger partial charge on any atom is 0.0673 e. The molecule has 1 saturated heterocycles. The molecule has 4 rings (SSSR count). The third-order valence-corrected chi connectivity index (χ3v) is 4.70. The lowest BCUT2D eigenvalue weighted by atomic mass is 9.74. The molecule has 1 aliphatic carbocycles. The molecule has 0 radical (unpaired) electrons. The van der Waals surface area contributed by atoms with E-state index in [1.54, 1.807) is 0 Å². The predicted molar refractivity (Wildman–Crippen MR) is 71.8 cm³/mol. The van der Waals surface area contributed by atoms with Crippen LogP contribution in [0.3, 0.4) is 0 Å². The Morgan fingerprint density at radius 2 is 2.28 bits per heavy atom. The summed E-state index contributed by atoms with van der Waals surface area (Å²) in [6.45, 7) is 0.802. The lowest BCUT2D eigenvalue weighted by Gasteiger charge is -2.44. The van der Waals surface area contributed by atoms with Gasteiger partial charge in [0.05, 0.1) is 6.10 Å². The van der Waals surface area contributed by atoms with Crippen molar-refractivity contribution in [1.82, 2.24) is 9.88 Å². The number of nitrogens with one attached hydrogen (secondary N) is 1. The summed E-state index contributed by atoms with van der Waals surface area (Å²) in [6.07, 6.45) is 3.97. The Morgan fingerprint density at radius 3 is 3.17 bits per heavy atom. The number of hydrogen-bond acceptors (Lipinski definition) is 2. The van der Waals surface area contributed by atoms with Crippen molar-refractivity contribution in [1.29, 1.82) is 0 Å². The molecule has 3 heteroatoms. The lowest BCUT2D eigenvalue weighted by Crippen LogP contribution is -2.49. The number of aromatic nitrogens is 1. The highest BCUT2D eigenvalue weighted by Gasteiger charge is 2.38. The molecule has 2 heterocycles. The number of nitrogens with zero attached hydrogens (tertiary/aromatic N) is 1. The Balaban J connectivity index is 1.92. The van der Waals surface area contributed by atoms with Gasteiger partial charge in [-0.05, 0) is 37.1 Å². The number of H-pyrrole nitrogens is 1. The van der Waals surface area contributed by atoms with E-state index in [1.165, 1.54) is 22.0 Å². The van der Waals surface area contributed by atoms with E-state index in [1.807, 2.05) is 0 Å². The molecule has 1 aromatic carbocycles. The van der Waals surface area contributed by atoms with E-state index >= 15 is 0 Å². The number of rotatable bonds is 0. The van der Waals surface area contributed by atoms with E-state index in [4.69, 9.17) is 0 Å². The van der Waals surface area contributed by atoms with Crippen LogP contribution in [0.4, 0.5) is 0 Å². The van der Waals surface area contributed by atoms with Crippen molar-refractivity contribution in [3.63, 3.8) is 0 Å². The van der Waals surface area contributed by atoms with E-state index in [2.05, 4.69) is 41.3 Å². The quantitative estimate of drug-likeness (QED) is 0.740. The van der Waals surface area contributed by atoms with Gasteiger partial charge in [0.25, 0.3) is 0 Å². The van der Waals surface area contributed by atoms with E-state index in [0.717, 1.165) is 19.4 Å². The minimum absolute atomic E-state index is 0.188. The third-order valence-electron chi connectivity index (χ3n) is 4.70. The highest BCUT2D eigenvalue weighted by atomic mass is 16.3. The van der Waals surface area contributed by atoms with Crippen molar-refractivity contribution in [2.45, 2.75) is 30.9 Å². The molecule has 94 valence electrons. The average Bonchev–Trinajstić information content (AvgIpc) is 2.76. The summed E-state index contributed by atoms with van der Waals surface area (Å²) in [7, 11) is 2.14. The first-order valence-electron chi connectivity index (χ1n) is 6.71. The molecule has 2 aliphatic rings. The summed E-state index contributed by atoms with van der Waals surface area (Å²) in [5.41, 5.74) is 4.10. The normalized spacial score (nSPS) is 31.6. The standard InChI is InChI=1S/C15H18N2O/c1-17-8-10(18)6-12-11-3-2-4-13-15(11)9(7-16-13)5-14(12)17/h2-4,7,10,12,14,16,18H,5-6,8H2,1H3/t10-,12-,14-/m1/s1. The van der Waals surface area contributed by atoms with Crippen molar-refractivity contribution >= 4 is 10.9 Å². The number of aliphatic hydroxyl groups is 1. The Kier molecular flexibility index (Phi) is 2.11. The monoisotopic (exact) mass is 242 g/mol. The molecule has 0 bridgehead atoms. The van der Waals surface area contributed by atoms with Crippen LogP contribution in [-0.2, 0) is 6.42 Å². The van der Waals surface area contributed by atoms with Gasteiger partial charge in [-0.3, -0.25) is 4.90 Å². The fourth-order valence-electron chi connectivity index (χ4n) is 3.91. The van der Waals surface area contributed by atoms with Crippen LogP contribution in [0.1, 0.15) is 23.5 Å². The zero-order chi connectivity index (χ0) is 12.3. The maximum absolute atomic E-state index is 10.0. The topological polar surface area (TPSA) is 39.3 Å². The average molecular weight is 242 g/mol. The minimum Gasteiger partial charge on any atom is -0.392 e. The largest absolute Gasteiger partial charge is 0.392 e. The van der Waals surface area contributed by atoms with Crippen LogP contribution in [-0.4, -0.2) is 40.7 Å². The Labute approximate surface area is 106 Å². The molecule has 0 saturated carbocycles. The fraction of sp³-hybridized carbons (Fsp3) is 0.467. The predicted octanol–water partition coefficient (Wildman–Crippen LogP) is 1.87. The Morgan fingerprint density at radius 1 is 1.39 bits per heavy atom. The summed E-state index contributed by atoms with van der Waals surface area (Å²) in [4.78, 5) is 5.70. The summed E-state index contributed by atoms with van der Waals surface area (Å²) in [5, 5.41) is 11.4. The number of piperidine rings is 1. The zero-order valence-corrected chi connectivity index (χ0v) is 10.6. The number of likely N-dealkylation sites (N-methyl/N-ethyl adjacent to an activating group) is 1. The van der Waals surface area contributed by atoms with Crippen molar-refractivity contribution < 1.29 is 5.11 Å². The molecular weight excluding hydrogens is 224 g/mol. The van der Waals surface area contributed by atoms with Gasteiger partial charge in [0, 0.05) is 35.6 Å². The van der Waals surface area contributed by atoms with Gasteiger partial charge >= 0.3 is 0 Å². The van der Waals surface area contributed by atoms with E-state index in [0.29, 0.717) is 12.0 Å². The van der Waals surface area contributed by atoms with Crippen molar-refractivity contribution in [3.8, 4) is 0 Å². The van der Waals surface area contributed by atoms with Crippen LogP contribution in [0.25, 0.3) is 10.9 Å². The number of benzene rings is 1. The summed E-state index contributed by atoms with van der Waals surface area (Å²) in [6, 6.07) is 7.05. The van der Waals surface area contributed by atoms with Crippen LogP contribution >= 0.6 is 0 Å². The SMILES string of the molecule is CN1C[C@H](O)C[C@@H]2c3cccc4[nH]cc(c34)C[C@H]21. The third kappa shape index (κ3) is 1.32. The Bertz CT molecular complexity index is 604. The van der Waals surface area contributed by atoms with Gasteiger partial charge in [-0.1, -0.05) is 12.1 Å². The van der Waals surface area contributed by atoms with Crippen LogP contribution < -0.4 is 0 Å². The van der Waals surface area contributed by atoms with Crippen LogP contribution in [0.15, 0.2) is 24.4 Å². The smallest absolute Gasteiger partial charge is 0.0673 e. The highest BCUT2D eigenvalue weighted by Crippen LogP contribution is 2.42. The first kappa shape index (κ1) is 10.6. The van der Waals surface area contributed by atoms with Gasteiger partial charge in [-0.25, -0.2) is 0 Å². The molecule has 1 aliphatic heterocycles. The molecule has 0 spiro atoms. The first-order chi connectivity index (χ1) is 8.74. The van der Waals surface area contributed by atoms with Crippen molar-refractivity contribution in [2.24, 2.45) is 0 Å². The van der Waals surface area contributed by atoms with Gasteiger partial charge in [-0.2, -0.15) is 0 Å². The lowest BCUT2D eigenvalue weighted by molar-refractivity contribution is 0.0354. The number of likely N-dealkylation sites (tertiary alicyclic amines) is 1. The molecule has 2 aromatic rings. The molecule has 2 N–H and O–H groups in total. The Hall–Kier alpha value is -1.32. The van der Waals surface area contributed by atoms with E-state index in [-0.39, 0.29) is 6.10 Å². The molecule has 0 unspecified atom stereocenters. The maximum atomic E-state index is 10.0. The number of hydrogen-bond donors (Lipinski definition) is 2. The fourth-order valence-corrected chi connectivity index (χ4v) is 3.91. The zero-order valence-electron chi connectivity index (χ0n) is 10.6. The van der Waals surface area contributed by atoms with E-state index < -0.39 is 0 Å². The van der Waals surface area contributed by atoms with Crippen LogP contribution in [0.2, 0.25) is 0 Å². The van der Waals surface area contributed by atoms with Gasteiger partial charge in [0.15, 0.2) is 0 Å². The van der Waals surface area contributed by atoms with Crippen LogP contribution in [0, 0.1) is 0 Å². The number of β-amino-alcohol motifs (C(OH)–C–C–N with tert-alkyl or cyclic N) is 1. The van der Waals surface area contributed by atoms with Gasteiger partial charge in [0.2, 0.25) is 0 Å². The minimum atomic E-state index is -0.188. The second kappa shape index (κ2) is 3.59. The molecule has 18 heavy (non-hydrogen) atoms. The second-order valence-corrected chi connectivity index (χ2v) is 5.79. The molecule has 3 nitrogen and oxygen atoms in total. The molecule has 0 amide bonds. The number of aliphatic hydroxyl groups excluding tert-OH is 1. The van der Waals surface area contributed by atoms with Gasteiger partial charge < -0.3 is 10.1 Å². The number of fused-ring (bicyclic) bond motifs is 2. The molecule has 1 aromatic heterocycles. The molecule has 1 fully saturated rings. The summed E-state index contributed by atoms with van der Waals surface area (Å²) in [5.74, 6) is 0.478.